The lowest BCUT2D eigenvalue weighted by atomic mass is 9.92. The third-order valence-electron chi connectivity index (χ3n) is 4.71. The Hall–Kier alpha value is -0.820. The van der Waals surface area contributed by atoms with Crippen molar-refractivity contribution in [3.05, 3.63) is 35.4 Å². The SMILES string of the molecule is CCCC(O)c1cccc(CCC2CCCCCC2)c1. The molecule has 2 rings (SSSR count). The molecule has 0 aliphatic heterocycles. The minimum atomic E-state index is -0.280. The average Bonchev–Trinajstić information content (AvgIpc) is 2.74. The molecule has 1 saturated carbocycles. The molecule has 1 aliphatic carbocycles. The first-order chi connectivity index (χ1) is 9.79. The fourth-order valence-electron chi connectivity index (χ4n) is 3.42. The van der Waals surface area contributed by atoms with Crippen molar-refractivity contribution in [2.24, 2.45) is 5.92 Å². The summed E-state index contributed by atoms with van der Waals surface area (Å²) in [5.41, 5.74) is 2.51. The number of hydrogen-bond acceptors (Lipinski definition) is 1. The predicted molar refractivity (Wildman–Crippen MR) is 85.8 cm³/mol. The second-order valence-corrected chi connectivity index (χ2v) is 6.45. The summed E-state index contributed by atoms with van der Waals surface area (Å²) in [5.74, 6) is 0.932. The summed E-state index contributed by atoms with van der Waals surface area (Å²) in [6, 6.07) is 8.61. The Morgan fingerprint density at radius 3 is 2.60 bits per heavy atom. The summed E-state index contributed by atoms with van der Waals surface area (Å²) in [7, 11) is 0. The molecule has 1 aromatic rings. The van der Waals surface area contributed by atoms with E-state index in [1.165, 1.54) is 56.9 Å². The highest BCUT2D eigenvalue weighted by Crippen LogP contribution is 2.27. The molecule has 112 valence electrons. The van der Waals surface area contributed by atoms with Crippen LogP contribution >= 0.6 is 0 Å². The monoisotopic (exact) mass is 274 g/mol. The van der Waals surface area contributed by atoms with Gasteiger partial charge in [-0.05, 0) is 36.3 Å². The molecule has 1 nitrogen and oxygen atoms in total. The Kier molecular flexibility index (Phi) is 6.59. The van der Waals surface area contributed by atoms with E-state index >= 15 is 0 Å². The topological polar surface area (TPSA) is 20.2 Å². The van der Waals surface area contributed by atoms with Gasteiger partial charge in [0.1, 0.15) is 0 Å². The van der Waals surface area contributed by atoms with E-state index in [4.69, 9.17) is 0 Å². The lowest BCUT2D eigenvalue weighted by Crippen LogP contribution is -2.02. The van der Waals surface area contributed by atoms with E-state index in [9.17, 15) is 5.11 Å². The van der Waals surface area contributed by atoms with E-state index in [1.54, 1.807) is 0 Å². The number of aliphatic hydroxyl groups is 1. The van der Waals surface area contributed by atoms with Crippen molar-refractivity contribution < 1.29 is 5.11 Å². The lowest BCUT2D eigenvalue weighted by Gasteiger charge is -2.15. The van der Waals surface area contributed by atoms with Crippen LogP contribution in [-0.2, 0) is 6.42 Å². The highest BCUT2D eigenvalue weighted by Gasteiger charge is 2.12. The number of benzene rings is 1. The van der Waals surface area contributed by atoms with Gasteiger partial charge in [-0.1, -0.05) is 76.1 Å². The molecule has 1 fully saturated rings. The highest BCUT2D eigenvalue weighted by atomic mass is 16.3. The molecular weight excluding hydrogens is 244 g/mol. The largest absolute Gasteiger partial charge is 0.388 e. The molecular formula is C19H30O. The third kappa shape index (κ3) is 4.94. The van der Waals surface area contributed by atoms with Gasteiger partial charge < -0.3 is 5.11 Å². The summed E-state index contributed by atoms with van der Waals surface area (Å²) < 4.78 is 0. The Balaban J connectivity index is 1.87. The molecule has 0 aromatic heterocycles. The molecule has 1 unspecified atom stereocenters. The van der Waals surface area contributed by atoms with Gasteiger partial charge in [-0.15, -0.1) is 0 Å². The highest BCUT2D eigenvalue weighted by molar-refractivity contribution is 5.25. The van der Waals surface area contributed by atoms with Crippen LogP contribution in [-0.4, -0.2) is 5.11 Å². The van der Waals surface area contributed by atoms with Gasteiger partial charge in [0.2, 0.25) is 0 Å². The van der Waals surface area contributed by atoms with Crippen LogP contribution in [0.3, 0.4) is 0 Å². The van der Waals surface area contributed by atoms with Crippen molar-refractivity contribution in [3.63, 3.8) is 0 Å². The van der Waals surface area contributed by atoms with Gasteiger partial charge in [0.05, 0.1) is 6.10 Å². The van der Waals surface area contributed by atoms with Crippen LogP contribution in [0.4, 0.5) is 0 Å². The molecule has 0 heterocycles. The van der Waals surface area contributed by atoms with Crippen LogP contribution in [0.1, 0.15) is 81.9 Å². The Morgan fingerprint density at radius 1 is 1.15 bits per heavy atom. The van der Waals surface area contributed by atoms with Crippen LogP contribution < -0.4 is 0 Å². The van der Waals surface area contributed by atoms with Gasteiger partial charge >= 0.3 is 0 Å². The maximum Gasteiger partial charge on any atom is 0.0790 e. The van der Waals surface area contributed by atoms with Gasteiger partial charge in [0.25, 0.3) is 0 Å². The van der Waals surface area contributed by atoms with Crippen LogP contribution in [0.25, 0.3) is 0 Å². The summed E-state index contributed by atoms with van der Waals surface area (Å²) in [6.07, 6.45) is 12.7. The Bertz CT molecular complexity index is 377. The second kappa shape index (κ2) is 8.46. The van der Waals surface area contributed by atoms with E-state index in [0.29, 0.717) is 0 Å². The molecule has 20 heavy (non-hydrogen) atoms. The molecule has 1 N–H and O–H groups in total. The third-order valence-corrected chi connectivity index (χ3v) is 4.71. The minimum absolute atomic E-state index is 0.280. The van der Waals surface area contributed by atoms with Crippen molar-refractivity contribution in [1.29, 1.82) is 0 Å². The van der Waals surface area contributed by atoms with Crippen molar-refractivity contribution in [2.75, 3.05) is 0 Å². The molecule has 1 atom stereocenters. The van der Waals surface area contributed by atoms with Gasteiger partial charge in [-0.2, -0.15) is 0 Å². The van der Waals surface area contributed by atoms with E-state index in [-0.39, 0.29) is 6.10 Å². The van der Waals surface area contributed by atoms with Crippen LogP contribution in [0.2, 0.25) is 0 Å². The van der Waals surface area contributed by atoms with Gasteiger partial charge in [0, 0.05) is 0 Å². The quantitative estimate of drug-likeness (QED) is 0.686. The molecule has 1 heteroatoms. The minimum Gasteiger partial charge on any atom is -0.388 e. The zero-order valence-corrected chi connectivity index (χ0v) is 13.0. The van der Waals surface area contributed by atoms with E-state index in [0.717, 1.165) is 24.3 Å². The molecule has 0 spiro atoms. The summed E-state index contributed by atoms with van der Waals surface area (Å²) in [4.78, 5) is 0. The predicted octanol–water partition coefficient (Wildman–Crippen LogP) is 5.42. The molecule has 1 aliphatic rings. The standard InChI is InChI=1S/C19H30O/c1-2-8-19(20)18-12-7-11-17(15-18)14-13-16-9-5-3-4-6-10-16/h7,11-12,15-16,19-20H,2-6,8-10,13-14H2,1H3. The van der Waals surface area contributed by atoms with Crippen LogP contribution in [0, 0.1) is 5.92 Å². The van der Waals surface area contributed by atoms with Crippen molar-refractivity contribution in [1.82, 2.24) is 0 Å². The maximum atomic E-state index is 10.1. The Morgan fingerprint density at radius 2 is 1.90 bits per heavy atom. The first-order valence-electron chi connectivity index (χ1n) is 8.56. The fraction of sp³-hybridized carbons (Fsp3) is 0.684. The van der Waals surface area contributed by atoms with Gasteiger partial charge in [-0.3, -0.25) is 0 Å². The summed E-state index contributed by atoms with van der Waals surface area (Å²) >= 11 is 0. The zero-order valence-electron chi connectivity index (χ0n) is 13.0. The smallest absolute Gasteiger partial charge is 0.0790 e. The van der Waals surface area contributed by atoms with E-state index < -0.39 is 0 Å². The average molecular weight is 274 g/mol. The van der Waals surface area contributed by atoms with Gasteiger partial charge in [0.15, 0.2) is 0 Å². The molecule has 0 radical (unpaired) electrons. The number of aryl methyl sites for hydroxylation is 1. The molecule has 0 saturated heterocycles. The summed E-state index contributed by atoms with van der Waals surface area (Å²) in [5, 5.41) is 10.1. The van der Waals surface area contributed by atoms with E-state index in [1.807, 2.05) is 0 Å². The van der Waals surface area contributed by atoms with Crippen molar-refractivity contribution >= 4 is 0 Å². The number of hydrogen-bond donors (Lipinski definition) is 1. The van der Waals surface area contributed by atoms with E-state index in [2.05, 4.69) is 31.2 Å². The lowest BCUT2D eigenvalue weighted by molar-refractivity contribution is 0.166. The molecule has 0 bridgehead atoms. The first kappa shape index (κ1) is 15.6. The zero-order chi connectivity index (χ0) is 14.2. The molecule has 0 amide bonds. The fourth-order valence-corrected chi connectivity index (χ4v) is 3.42. The van der Waals surface area contributed by atoms with Crippen molar-refractivity contribution in [2.45, 2.75) is 77.2 Å². The first-order valence-corrected chi connectivity index (χ1v) is 8.56. The number of aliphatic hydroxyl groups excluding tert-OH is 1. The van der Waals surface area contributed by atoms with Gasteiger partial charge in [-0.25, -0.2) is 0 Å². The van der Waals surface area contributed by atoms with Crippen LogP contribution in [0.5, 0.6) is 0 Å². The Labute approximate surface area is 124 Å². The second-order valence-electron chi connectivity index (χ2n) is 6.45. The normalized spacial score (nSPS) is 18.7. The summed E-state index contributed by atoms with van der Waals surface area (Å²) in [6.45, 7) is 2.12. The molecule has 1 aromatic carbocycles. The maximum absolute atomic E-state index is 10.1. The number of rotatable bonds is 6. The van der Waals surface area contributed by atoms with Crippen molar-refractivity contribution in [3.8, 4) is 0 Å². The van der Waals surface area contributed by atoms with Crippen LogP contribution in [0.15, 0.2) is 24.3 Å².